The molecule has 1 aromatic carbocycles. The Balaban J connectivity index is 1.65. The van der Waals surface area contributed by atoms with E-state index in [1.54, 1.807) is 12.4 Å². The third-order valence-corrected chi connectivity index (χ3v) is 5.24. The van der Waals surface area contributed by atoms with Crippen LogP contribution in [0.15, 0.2) is 51.9 Å². The van der Waals surface area contributed by atoms with Crippen LogP contribution in [0.2, 0.25) is 0 Å². The number of hydrogen-bond donors (Lipinski definition) is 2. The van der Waals surface area contributed by atoms with E-state index in [1.807, 2.05) is 31.2 Å². The van der Waals surface area contributed by atoms with Gasteiger partial charge >= 0.3 is 11.7 Å². The lowest BCUT2D eigenvalue weighted by atomic mass is 10.0. The summed E-state index contributed by atoms with van der Waals surface area (Å²) in [5, 5.41) is 6.48. The molecule has 0 saturated carbocycles. The van der Waals surface area contributed by atoms with Crippen LogP contribution in [0.4, 0.5) is 10.5 Å². The Kier molecular flexibility index (Phi) is 7.06. The van der Waals surface area contributed by atoms with Gasteiger partial charge in [-0.2, -0.15) is 0 Å². The van der Waals surface area contributed by atoms with Crippen LogP contribution in [-0.4, -0.2) is 30.6 Å². The maximum absolute atomic E-state index is 12.5. The van der Waals surface area contributed by atoms with E-state index < -0.39 is 0 Å². The highest BCUT2D eigenvalue weighted by atomic mass is 16.4. The molecule has 0 spiro atoms. The Bertz CT molecular complexity index is 1060. The third-order valence-electron chi connectivity index (χ3n) is 5.24. The summed E-state index contributed by atoms with van der Waals surface area (Å²) in [5.41, 5.74) is 3.68. The number of carbonyl (C=O) groups is 1. The lowest BCUT2D eigenvalue weighted by Crippen LogP contribution is -2.36. The second kappa shape index (κ2) is 9.91. The fourth-order valence-corrected chi connectivity index (χ4v) is 3.51. The number of nitrogens with zero attached hydrogens (tertiary/aromatic N) is 2. The molecule has 0 radical (unpaired) electrons. The minimum Gasteiger partial charge on any atom is -0.422 e. The van der Waals surface area contributed by atoms with Gasteiger partial charge in [0.05, 0.1) is 0 Å². The highest BCUT2D eigenvalue weighted by molar-refractivity contribution is 5.84. The van der Waals surface area contributed by atoms with E-state index in [9.17, 15) is 9.59 Å². The van der Waals surface area contributed by atoms with Gasteiger partial charge in [-0.3, -0.25) is 4.98 Å². The first-order valence-corrected chi connectivity index (χ1v) is 10.2. The van der Waals surface area contributed by atoms with E-state index in [0.29, 0.717) is 30.7 Å². The number of aromatic nitrogens is 1. The van der Waals surface area contributed by atoms with Crippen LogP contribution < -0.4 is 21.2 Å². The number of rotatable bonds is 8. The molecule has 3 aromatic rings. The van der Waals surface area contributed by atoms with Crippen LogP contribution in [0.5, 0.6) is 0 Å². The van der Waals surface area contributed by atoms with Gasteiger partial charge in [0.2, 0.25) is 0 Å². The van der Waals surface area contributed by atoms with Crippen LogP contribution >= 0.6 is 0 Å². The van der Waals surface area contributed by atoms with E-state index in [0.717, 1.165) is 35.3 Å². The lowest BCUT2D eigenvalue weighted by Gasteiger charge is -2.21. The van der Waals surface area contributed by atoms with Crippen molar-refractivity contribution in [3.8, 4) is 0 Å². The maximum Gasteiger partial charge on any atom is 0.339 e. The molecular weight excluding hydrogens is 380 g/mol. The predicted molar refractivity (Wildman–Crippen MR) is 119 cm³/mol. The summed E-state index contributed by atoms with van der Waals surface area (Å²) in [6.45, 7) is 8.62. The minimum atomic E-state index is -0.353. The molecule has 0 saturated heterocycles. The number of nitrogens with one attached hydrogen (secondary N) is 2. The molecule has 0 aliphatic carbocycles. The second-order valence-electron chi connectivity index (χ2n) is 7.07. The average Bonchev–Trinajstić information content (AvgIpc) is 2.76. The second-order valence-corrected chi connectivity index (χ2v) is 7.07. The number of hydrogen-bond acceptors (Lipinski definition) is 5. The Labute approximate surface area is 176 Å². The highest BCUT2D eigenvalue weighted by Gasteiger charge is 2.13. The SMILES string of the molecule is CCN(CC)c1ccc2c(C)c(CCNC(=O)NCc3cccnc3)c(=O)oc2c1. The maximum atomic E-state index is 12.5. The number of carbonyl (C=O) groups excluding carboxylic acids is 1. The number of pyridine rings is 1. The molecule has 2 N–H and O–H groups in total. The van der Waals surface area contributed by atoms with Crippen molar-refractivity contribution < 1.29 is 9.21 Å². The summed E-state index contributed by atoms with van der Waals surface area (Å²) in [6, 6.07) is 9.40. The summed E-state index contributed by atoms with van der Waals surface area (Å²) < 4.78 is 5.60. The fraction of sp³-hybridized carbons (Fsp3) is 0.348. The van der Waals surface area contributed by atoms with Gasteiger partial charge in [0, 0.05) is 61.3 Å². The van der Waals surface area contributed by atoms with Crippen LogP contribution in [0, 0.1) is 6.92 Å². The third kappa shape index (κ3) is 4.97. The van der Waals surface area contributed by atoms with E-state index >= 15 is 0 Å². The van der Waals surface area contributed by atoms with Crippen molar-refractivity contribution in [3.05, 3.63) is 69.8 Å². The largest absolute Gasteiger partial charge is 0.422 e. The molecule has 0 unspecified atom stereocenters. The van der Waals surface area contributed by atoms with Gasteiger partial charge in [0.15, 0.2) is 0 Å². The van der Waals surface area contributed by atoms with Gasteiger partial charge in [-0.05, 0) is 56.5 Å². The number of urea groups is 1. The smallest absolute Gasteiger partial charge is 0.339 e. The average molecular weight is 409 g/mol. The van der Waals surface area contributed by atoms with Gasteiger partial charge in [-0.1, -0.05) is 6.07 Å². The fourth-order valence-electron chi connectivity index (χ4n) is 3.51. The molecule has 3 rings (SSSR count). The van der Waals surface area contributed by atoms with Crippen molar-refractivity contribution >= 4 is 22.7 Å². The molecule has 158 valence electrons. The van der Waals surface area contributed by atoms with Crippen molar-refractivity contribution in [2.24, 2.45) is 0 Å². The summed E-state index contributed by atoms with van der Waals surface area (Å²) in [4.78, 5) is 30.8. The number of amides is 2. The van der Waals surface area contributed by atoms with E-state index in [2.05, 4.69) is 40.4 Å². The van der Waals surface area contributed by atoms with Gasteiger partial charge < -0.3 is 20.0 Å². The molecule has 2 aromatic heterocycles. The molecule has 0 aliphatic rings. The normalized spacial score (nSPS) is 10.8. The molecule has 30 heavy (non-hydrogen) atoms. The molecule has 7 heteroatoms. The molecule has 2 amide bonds. The Hall–Kier alpha value is -3.35. The van der Waals surface area contributed by atoms with Crippen LogP contribution in [0.1, 0.15) is 30.5 Å². The van der Waals surface area contributed by atoms with Crippen molar-refractivity contribution in [1.29, 1.82) is 0 Å². The molecule has 0 fully saturated rings. The molecule has 2 heterocycles. The lowest BCUT2D eigenvalue weighted by molar-refractivity contribution is 0.240. The molecule has 0 atom stereocenters. The van der Waals surface area contributed by atoms with Crippen LogP contribution in [0.25, 0.3) is 11.0 Å². The van der Waals surface area contributed by atoms with Crippen LogP contribution in [0.3, 0.4) is 0 Å². The predicted octanol–water partition coefficient (Wildman–Crippen LogP) is 3.38. The summed E-state index contributed by atoms with van der Waals surface area (Å²) in [7, 11) is 0. The molecule has 0 bridgehead atoms. The molecule has 7 nitrogen and oxygen atoms in total. The first-order valence-electron chi connectivity index (χ1n) is 10.2. The quantitative estimate of drug-likeness (QED) is 0.558. The number of fused-ring (bicyclic) bond motifs is 1. The Morgan fingerprint density at radius 2 is 1.97 bits per heavy atom. The summed E-state index contributed by atoms with van der Waals surface area (Å²) in [5.74, 6) is 0. The first-order chi connectivity index (χ1) is 14.5. The summed E-state index contributed by atoms with van der Waals surface area (Å²) >= 11 is 0. The minimum absolute atomic E-state index is 0.287. The Morgan fingerprint density at radius 3 is 2.67 bits per heavy atom. The highest BCUT2D eigenvalue weighted by Crippen LogP contribution is 2.25. The zero-order valence-corrected chi connectivity index (χ0v) is 17.7. The monoisotopic (exact) mass is 408 g/mol. The van der Waals surface area contributed by atoms with Gasteiger partial charge in [0.1, 0.15) is 5.58 Å². The number of anilines is 1. The van der Waals surface area contributed by atoms with Crippen molar-refractivity contribution in [1.82, 2.24) is 15.6 Å². The summed E-state index contributed by atoms with van der Waals surface area (Å²) in [6.07, 6.45) is 3.79. The Morgan fingerprint density at radius 1 is 1.17 bits per heavy atom. The standard InChI is InChI=1S/C23H28N4O3/c1-4-27(5-2)18-8-9-19-16(3)20(22(28)30-21(19)13-18)10-12-25-23(29)26-15-17-7-6-11-24-14-17/h6-9,11,13-14H,4-5,10,12,15H2,1-3H3,(H2,25,26,29). The van der Waals surface area contributed by atoms with Gasteiger partial charge in [0.25, 0.3) is 0 Å². The van der Waals surface area contributed by atoms with Crippen LogP contribution in [-0.2, 0) is 13.0 Å². The van der Waals surface area contributed by atoms with Crippen molar-refractivity contribution in [3.63, 3.8) is 0 Å². The van der Waals surface area contributed by atoms with E-state index in [1.165, 1.54) is 0 Å². The van der Waals surface area contributed by atoms with E-state index in [4.69, 9.17) is 4.42 Å². The zero-order valence-electron chi connectivity index (χ0n) is 17.7. The van der Waals surface area contributed by atoms with Gasteiger partial charge in [-0.15, -0.1) is 0 Å². The molecule has 0 aliphatic heterocycles. The number of benzene rings is 1. The van der Waals surface area contributed by atoms with Crippen molar-refractivity contribution in [2.45, 2.75) is 33.7 Å². The first kappa shape index (κ1) is 21.4. The van der Waals surface area contributed by atoms with Gasteiger partial charge in [-0.25, -0.2) is 9.59 Å². The zero-order chi connectivity index (χ0) is 21.5. The topological polar surface area (TPSA) is 87.5 Å². The van der Waals surface area contributed by atoms with Crippen molar-refractivity contribution in [2.75, 3.05) is 24.5 Å². The van der Waals surface area contributed by atoms with E-state index in [-0.39, 0.29) is 11.7 Å². The number of aryl methyl sites for hydroxylation is 1. The molecular formula is C23H28N4O3.